The first-order chi connectivity index (χ1) is 18.9. The van der Waals surface area contributed by atoms with Crippen LogP contribution in [0.3, 0.4) is 0 Å². The molecule has 0 spiro atoms. The third-order valence-corrected chi connectivity index (χ3v) is 8.26. The number of anilines is 1. The van der Waals surface area contributed by atoms with Gasteiger partial charge in [-0.25, -0.2) is 0 Å². The zero-order valence-corrected chi connectivity index (χ0v) is 23.3. The highest BCUT2D eigenvalue weighted by Gasteiger charge is 2.35. The molecule has 1 saturated heterocycles. The molecule has 0 bridgehead atoms. The maximum absolute atomic E-state index is 13.8. The number of carbonyl (C=O) groups is 2. The lowest BCUT2D eigenvalue weighted by Gasteiger charge is -2.38. The normalized spacial score (nSPS) is 17.2. The Morgan fingerprint density at radius 2 is 1.69 bits per heavy atom. The molecule has 204 valence electrons. The third kappa shape index (κ3) is 5.35. The molecule has 2 amide bonds. The van der Waals surface area contributed by atoms with Gasteiger partial charge in [-0.3, -0.25) is 14.6 Å². The van der Waals surface area contributed by atoms with E-state index in [0.29, 0.717) is 16.9 Å². The predicted octanol–water partition coefficient (Wildman–Crippen LogP) is 5.37. The second kappa shape index (κ2) is 11.5. The van der Waals surface area contributed by atoms with Crippen molar-refractivity contribution in [3.63, 3.8) is 0 Å². The first-order valence-electron chi connectivity index (χ1n) is 13.9. The van der Waals surface area contributed by atoms with Crippen LogP contribution >= 0.6 is 0 Å². The average molecular weight is 527 g/mol. The van der Waals surface area contributed by atoms with Gasteiger partial charge < -0.3 is 19.4 Å². The molecule has 0 N–H and O–H groups in total. The van der Waals surface area contributed by atoms with Crippen molar-refractivity contribution in [3.8, 4) is 5.75 Å². The summed E-state index contributed by atoms with van der Waals surface area (Å²) in [5, 5.41) is 0. The van der Waals surface area contributed by atoms with Crippen LogP contribution in [0, 0.1) is 0 Å². The molecule has 2 heterocycles. The molecule has 1 unspecified atom stereocenters. The van der Waals surface area contributed by atoms with E-state index in [1.807, 2.05) is 91.6 Å². The minimum atomic E-state index is -0.0842. The van der Waals surface area contributed by atoms with Crippen LogP contribution in [0.4, 0.5) is 5.69 Å². The standard InChI is InChI=1S/C32H38N4O3/c1-22(2)36(32(38)27-7-5-6-8-30(27)39-4)29-12-11-23-9-10-24(21-28(23)29)31(37)34(3)25-15-19-35(20-16-25)26-13-17-33-18-14-26/h5-10,13-14,17-18,21-22,25,29H,11-12,15-16,19-20H2,1-4H3. The molecule has 0 radical (unpaired) electrons. The topological polar surface area (TPSA) is 66.0 Å². The van der Waals surface area contributed by atoms with E-state index in [9.17, 15) is 9.59 Å². The summed E-state index contributed by atoms with van der Waals surface area (Å²) < 4.78 is 5.49. The lowest BCUT2D eigenvalue weighted by Crippen LogP contribution is -2.45. The number of benzene rings is 2. The number of para-hydroxylation sites is 1. The fourth-order valence-electron chi connectivity index (χ4n) is 6.13. The molecule has 3 aromatic rings. The highest BCUT2D eigenvalue weighted by molar-refractivity contribution is 5.98. The van der Waals surface area contributed by atoms with Crippen molar-refractivity contribution in [3.05, 3.63) is 89.2 Å². The summed E-state index contributed by atoms with van der Waals surface area (Å²) in [5.74, 6) is 0.569. The number of hydrogen-bond acceptors (Lipinski definition) is 5. The number of ether oxygens (including phenoxy) is 1. The Morgan fingerprint density at radius 3 is 2.38 bits per heavy atom. The Kier molecular flexibility index (Phi) is 7.87. The fraction of sp³-hybridized carbons (Fsp3) is 0.406. The van der Waals surface area contributed by atoms with Crippen molar-refractivity contribution >= 4 is 17.5 Å². The molecule has 5 rings (SSSR count). The van der Waals surface area contributed by atoms with Crippen LogP contribution in [-0.2, 0) is 6.42 Å². The second-order valence-corrected chi connectivity index (χ2v) is 10.8. The summed E-state index contributed by atoms with van der Waals surface area (Å²) in [5.41, 5.74) is 4.72. The fourth-order valence-corrected chi connectivity index (χ4v) is 6.13. The van der Waals surface area contributed by atoms with Gasteiger partial charge >= 0.3 is 0 Å². The van der Waals surface area contributed by atoms with Gasteiger partial charge in [0.25, 0.3) is 11.8 Å². The highest BCUT2D eigenvalue weighted by atomic mass is 16.5. The van der Waals surface area contributed by atoms with Crippen LogP contribution in [0.15, 0.2) is 67.0 Å². The first-order valence-corrected chi connectivity index (χ1v) is 13.9. The molecule has 7 heteroatoms. The lowest BCUT2D eigenvalue weighted by atomic mass is 9.99. The largest absolute Gasteiger partial charge is 0.496 e. The number of piperidine rings is 1. The Morgan fingerprint density at radius 1 is 0.974 bits per heavy atom. The summed E-state index contributed by atoms with van der Waals surface area (Å²) >= 11 is 0. The number of nitrogens with zero attached hydrogens (tertiary/aromatic N) is 4. The number of amides is 2. The van der Waals surface area contributed by atoms with Crippen molar-refractivity contribution in [2.45, 2.75) is 57.7 Å². The number of aromatic nitrogens is 1. The van der Waals surface area contributed by atoms with Crippen LogP contribution in [0.25, 0.3) is 0 Å². The minimum absolute atomic E-state index is 0.00836. The maximum Gasteiger partial charge on any atom is 0.258 e. The molecule has 1 atom stereocenters. The third-order valence-electron chi connectivity index (χ3n) is 8.26. The van der Waals surface area contributed by atoms with E-state index in [4.69, 9.17) is 4.74 Å². The first kappa shape index (κ1) is 26.7. The Bertz CT molecular complexity index is 1320. The van der Waals surface area contributed by atoms with Gasteiger partial charge in [-0.05, 0) is 87.1 Å². The zero-order chi connectivity index (χ0) is 27.5. The summed E-state index contributed by atoms with van der Waals surface area (Å²) in [6, 6.07) is 17.6. The number of pyridine rings is 1. The van der Waals surface area contributed by atoms with Gasteiger partial charge in [-0.1, -0.05) is 18.2 Å². The molecular weight excluding hydrogens is 488 g/mol. The van der Waals surface area contributed by atoms with Crippen molar-refractivity contribution in [2.24, 2.45) is 0 Å². The van der Waals surface area contributed by atoms with E-state index in [0.717, 1.165) is 44.3 Å². The van der Waals surface area contributed by atoms with Crippen LogP contribution in [0.2, 0.25) is 0 Å². The minimum Gasteiger partial charge on any atom is -0.496 e. The van der Waals surface area contributed by atoms with E-state index in [2.05, 4.69) is 16.0 Å². The summed E-state index contributed by atoms with van der Waals surface area (Å²) in [6.45, 7) is 5.92. The van der Waals surface area contributed by atoms with Gasteiger partial charge in [0.15, 0.2) is 0 Å². The number of hydrogen-bond donors (Lipinski definition) is 0. The average Bonchev–Trinajstić information content (AvgIpc) is 3.39. The molecule has 1 aliphatic carbocycles. The molecule has 1 aliphatic heterocycles. The van der Waals surface area contributed by atoms with Crippen molar-refractivity contribution in [1.82, 2.24) is 14.8 Å². The van der Waals surface area contributed by atoms with Gasteiger partial charge in [-0.15, -0.1) is 0 Å². The molecule has 2 aromatic carbocycles. The lowest BCUT2D eigenvalue weighted by molar-refractivity contribution is 0.0602. The van der Waals surface area contributed by atoms with E-state index >= 15 is 0 Å². The van der Waals surface area contributed by atoms with E-state index < -0.39 is 0 Å². The Balaban J connectivity index is 1.33. The Hall–Kier alpha value is -3.87. The van der Waals surface area contributed by atoms with Crippen molar-refractivity contribution in [1.29, 1.82) is 0 Å². The molecular formula is C32H38N4O3. The summed E-state index contributed by atoms with van der Waals surface area (Å²) in [6.07, 6.45) is 7.22. The second-order valence-electron chi connectivity index (χ2n) is 10.8. The van der Waals surface area contributed by atoms with E-state index in [1.54, 1.807) is 7.11 Å². The summed E-state index contributed by atoms with van der Waals surface area (Å²) in [4.78, 5) is 37.8. The number of carbonyl (C=O) groups excluding carboxylic acids is 2. The zero-order valence-electron chi connectivity index (χ0n) is 23.3. The van der Waals surface area contributed by atoms with Gasteiger partial charge in [0, 0.05) is 55.9 Å². The predicted molar refractivity (Wildman–Crippen MR) is 153 cm³/mol. The van der Waals surface area contributed by atoms with Crippen LogP contribution in [0.5, 0.6) is 5.75 Å². The number of aryl methyl sites for hydroxylation is 1. The maximum atomic E-state index is 13.8. The van der Waals surface area contributed by atoms with E-state index in [-0.39, 0.29) is 29.9 Å². The SMILES string of the molecule is COc1ccccc1C(=O)N(C(C)C)C1CCc2ccc(C(=O)N(C)C3CCN(c4ccncc4)CC3)cc21. The molecule has 1 fully saturated rings. The van der Waals surface area contributed by atoms with Crippen molar-refractivity contribution < 1.29 is 14.3 Å². The highest BCUT2D eigenvalue weighted by Crippen LogP contribution is 2.39. The molecule has 0 saturated carbocycles. The monoisotopic (exact) mass is 526 g/mol. The van der Waals surface area contributed by atoms with Crippen LogP contribution < -0.4 is 9.64 Å². The van der Waals surface area contributed by atoms with Gasteiger partial charge in [0.1, 0.15) is 5.75 Å². The van der Waals surface area contributed by atoms with E-state index in [1.165, 1.54) is 11.3 Å². The number of methoxy groups -OCH3 is 1. The molecule has 2 aliphatic rings. The van der Waals surface area contributed by atoms with Gasteiger partial charge in [0.2, 0.25) is 0 Å². The Labute approximate surface area is 231 Å². The molecule has 1 aromatic heterocycles. The van der Waals surface area contributed by atoms with Crippen LogP contribution in [0.1, 0.15) is 71.0 Å². The van der Waals surface area contributed by atoms with Gasteiger partial charge in [0.05, 0.1) is 18.7 Å². The number of fused-ring (bicyclic) bond motifs is 1. The quantitative estimate of drug-likeness (QED) is 0.414. The van der Waals surface area contributed by atoms with Crippen molar-refractivity contribution in [2.75, 3.05) is 32.1 Å². The number of rotatable bonds is 7. The van der Waals surface area contributed by atoms with Crippen LogP contribution in [-0.4, -0.2) is 65.9 Å². The molecule has 7 nitrogen and oxygen atoms in total. The van der Waals surface area contributed by atoms with Gasteiger partial charge in [-0.2, -0.15) is 0 Å². The summed E-state index contributed by atoms with van der Waals surface area (Å²) in [7, 11) is 3.51. The smallest absolute Gasteiger partial charge is 0.258 e. The molecule has 39 heavy (non-hydrogen) atoms.